The smallest absolute Gasteiger partial charge is 0.248 e. The number of rotatable bonds is 4. The molecule has 0 saturated carbocycles. The summed E-state index contributed by atoms with van der Waals surface area (Å²) in [4.78, 5) is 11.0. The third kappa shape index (κ3) is 3.45. The molecule has 98 valence electrons. The van der Waals surface area contributed by atoms with E-state index in [2.05, 4.69) is 0 Å². The van der Waals surface area contributed by atoms with E-state index in [-0.39, 0.29) is 12.4 Å². The van der Waals surface area contributed by atoms with Gasteiger partial charge in [-0.2, -0.15) is 0 Å². The molecular formula is C14H11ClFNO2. The highest BCUT2D eigenvalue weighted by Crippen LogP contribution is 2.20. The second-order valence-electron chi connectivity index (χ2n) is 3.92. The molecular weight excluding hydrogens is 269 g/mol. The number of carbonyl (C=O) groups is 1. The summed E-state index contributed by atoms with van der Waals surface area (Å²) in [5, 5.41) is 0.424. The highest BCUT2D eigenvalue weighted by atomic mass is 35.5. The van der Waals surface area contributed by atoms with Gasteiger partial charge in [0.05, 0.1) is 0 Å². The van der Waals surface area contributed by atoms with Crippen molar-refractivity contribution in [3.63, 3.8) is 0 Å². The van der Waals surface area contributed by atoms with Crippen molar-refractivity contribution in [2.75, 3.05) is 0 Å². The lowest BCUT2D eigenvalue weighted by Crippen LogP contribution is -2.10. The van der Waals surface area contributed by atoms with Crippen molar-refractivity contribution in [2.45, 2.75) is 6.61 Å². The molecule has 1 amide bonds. The average Bonchev–Trinajstić information content (AvgIpc) is 2.40. The van der Waals surface area contributed by atoms with Crippen molar-refractivity contribution in [3.8, 4) is 5.75 Å². The monoisotopic (exact) mass is 279 g/mol. The lowest BCUT2D eigenvalue weighted by Gasteiger charge is -2.08. The number of hydrogen-bond donors (Lipinski definition) is 1. The lowest BCUT2D eigenvalue weighted by molar-refractivity contribution is 0.1000. The number of nitrogens with two attached hydrogens (primary N) is 1. The number of ether oxygens (including phenoxy) is 1. The van der Waals surface area contributed by atoms with Gasteiger partial charge in [-0.25, -0.2) is 4.39 Å². The van der Waals surface area contributed by atoms with Gasteiger partial charge in [-0.05, 0) is 36.4 Å². The van der Waals surface area contributed by atoms with Crippen molar-refractivity contribution in [1.29, 1.82) is 0 Å². The van der Waals surface area contributed by atoms with Crippen LogP contribution < -0.4 is 10.5 Å². The van der Waals surface area contributed by atoms with Crippen LogP contribution in [0.15, 0.2) is 42.5 Å². The summed E-state index contributed by atoms with van der Waals surface area (Å²) in [6, 6.07) is 10.5. The summed E-state index contributed by atoms with van der Waals surface area (Å²) in [6.45, 7) is 0.110. The normalized spacial score (nSPS) is 10.2. The molecule has 0 bridgehead atoms. The maximum absolute atomic E-state index is 13.1. The zero-order valence-corrected chi connectivity index (χ0v) is 10.7. The summed E-state index contributed by atoms with van der Waals surface area (Å²) in [6.07, 6.45) is 0. The van der Waals surface area contributed by atoms with E-state index in [1.807, 2.05) is 0 Å². The molecule has 0 unspecified atom stereocenters. The molecule has 0 radical (unpaired) electrons. The molecule has 3 nitrogen and oxygen atoms in total. The van der Waals surface area contributed by atoms with E-state index in [4.69, 9.17) is 22.1 Å². The van der Waals surface area contributed by atoms with Crippen LogP contribution in [0.3, 0.4) is 0 Å². The number of amides is 1. The van der Waals surface area contributed by atoms with E-state index >= 15 is 0 Å². The topological polar surface area (TPSA) is 52.3 Å². The van der Waals surface area contributed by atoms with Crippen molar-refractivity contribution in [3.05, 3.63) is 64.4 Å². The molecule has 5 heteroatoms. The van der Waals surface area contributed by atoms with Gasteiger partial charge < -0.3 is 10.5 Å². The quantitative estimate of drug-likeness (QED) is 0.935. The zero-order chi connectivity index (χ0) is 13.8. The SMILES string of the molecule is NC(=O)c1cccc(OCc2cc(F)ccc2Cl)c1. The number of halogens is 2. The molecule has 0 saturated heterocycles. The predicted octanol–water partition coefficient (Wildman–Crippen LogP) is 3.16. The molecule has 0 heterocycles. The Hall–Kier alpha value is -2.07. The summed E-state index contributed by atoms with van der Waals surface area (Å²) in [7, 11) is 0. The van der Waals surface area contributed by atoms with Crippen molar-refractivity contribution in [2.24, 2.45) is 5.73 Å². The fourth-order valence-electron chi connectivity index (χ4n) is 1.55. The first kappa shape index (κ1) is 13.4. The maximum atomic E-state index is 13.1. The molecule has 0 aliphatic carbocycles. The Morgan fingerprint density at radius 2 is 2.05 bits per heavy atom. The molecule has 2 aromatic carbocycles. The van der Waals surface area contributed by atoms with Crippen LogP contribution in [0.2, 0.25) is 5.02 Å². The predicted molar refractivity (Wildman–Crippen MR) is 70.7 cm³/mol. The Labute approximate surface area is 114 Å². The Kier molecular flexibility index (Phi) is 4.02. The summed E-state index contributed by atoms with van der Waals surface area (Å²) < 4.78 is 18.5. The van der Waals surface area contributed by atoms with Crippen LogP contribution in [0, 0.1) is 5.82 Å². The maximum Gasteiger partial charge on any atom is 0.248 e. The number of primary amides is 1. The first-order valence-corrected chi connectivity index (χ1v) is 5.90. The van der Waals surface area contributed by atoms with Gasteiger partial charge in [0.1, 0.15) is 18.2 Å². The van der Waals surface area contributed by atoms with E-state index in [1.54, 1.807) is 18.2 Å². The highest BCUT2D eigenvalue weighted by Gasteiger charge is 2.05. The van der Waals surface area contributed by atoms with Crippen molar-refractivity contribution >= 4 is 17.5 Å². The second kappa shape index (κ2) is 5.71. The van der Waals surface area contributed by atoms with Crippen LogP contribution in [0.5, 0.6) is 5.75 Å². The van der Waals surface area contributed by atoms with Crippen molar-refractivity contribution in [1.82, 2.24) is 0 Å². The molecule has 19 heavy (non-hydrogen) atoms. The first-order valence-electron chi connectivity index (χ1n) is 5.53. The van der Waals surface area contributed by atoms with E-state index < -0.39 is 5.91 Å². The summed E-state index contributed by atoms with van der Waals surface area (Å²) in [5.74, 6) is -0.445. The van der Waals surface area contributed by atoms with Crippen LogP contribution in [0.1, 0.15) is 15.9 Å². The Balaban J connectivity index is 2.12. The van der Waals surface area contributed by atoms with Crippen LogP contribution in [-0.4, -0.2) is 5.91 Å². The lowest BCUT2D eigenvalue weighted by atomic mass is 10.2. The largest absolute Gasteiger partial charge is 0.489 e. The molecule has 0 aromatic heterocycles. The minimum absolute atomic E-state index is 0.110. The van der Waals surface area contributed by atoms with Crippen LogP contribution in [0.4, 0.5) is 4.39 Å². The van der Waals surface area contributed by atoms with Gasteiger partial charge in [0.25, 0.3) is 0 Å². The second-order valence-corrected chi connectivity index (χ2v) is 4.32. The molecule has 2 rings (SSSR count). The van der Waals surface area contributed by atoms with Gasteiger partial charge in [-0.3, -0.25) is 4.79 Å². The molecule has 0 fully saturated rings. The Bertz CT molecular complexity index is 616. The molecule has 0 spiro atoms. The van der Waals surface area contributed by atoms with Gasteiger partial charge in [0.2, 0.25) is 5.91 Å². The fourth-order valence-corrected chi connectivity index (χ4v) is 1.73. The zero-order valence-electron chi connectivity index (χ0n) is 9.90. The van der Waals surface area contributed by atoms with Gasteiger partial charge in [0.15, 0.2) is 0 Å². The Morgan fingerprint density at radius 1 is 1.26 bits per heavy atom. The van der Waals surface area contributed by atoms with Crippen LogP contribution in [0.25, 0.3) is 0 Å². The number of carbonyl (C=O) groups excluding carboxylic acids is 1. The minimum Gasteiger partial charge on any atom is -0.489 e. The van der Waals surface area contributed by atoms with E-state index in [0.29, 0.717) is 21.9 Å². The third-order valence-corrected chi connectivity index (χ3v) is 2.89. The van der Waals surface area contributed by atoms with E-state index in [9.17, 15) is 9.18 Å². The fraction of sp³-hybridized carbons (Fsp3) is 0.0714. The number of benzene rings is 2. The van der Waals surface area contributed by atoms with Crippen LogP contribution in [-0.2, 0) is 6.61 Å². The molecule has 2 N–H and O–H groups in total. The molecule has 0 aliphatic rings. The minimum atomic E-state index is -0.533. The van der Waals surface area contributed by atoms with Gasteiger partial charge in [0, 0.05) is 16.1 Å². The van der Waals surface area contributed by atoms with Gasteiger partial charge >= 0.3 is 0 Å². The molecule has 2 aromatic rings. The Morgan fingerprint density at radius 3 is 2.79 bits per heavy atom. The van der Waals surface area contributed by atoms with Gasteiger partial charge in [-0.1, -0.05) is 17.7 Å². The number of hydrogen-bond acceptors (Lipinski definition) is 2. The first-order chi connectivity index (χ1) is 9.06. The molecule has 0 atom stereocenters. The third-order valence-electron chi connectivity index (χ3n) is 2.52. The average molecular weight is 280 g/mol. The molecule has 0 aliphatic heterocycles. The van der Waals surface area contributed by atoms with Gasteiger partial charge in [-0.15, -0.1) is 0 Å². The highest BCUT2D eigenvalue weighted by molar-refractivity contribution is 6.31. The summed E-state index contributed by atoms with van der Waals surface area (Å²) >= 11 is 5.92. The van der Waals surface area contributed by atoms with E-state index in [1.165, 1.54) is 24.3 Å². The van der Waals surface area contributed by atoms with E-state index in [0.717, 1.165) is 0 Å². The standard InChI is InChI=1S/C14H11ClFNO2/c15-13-5-4-11(16)6-10(13)8-19-12-3-1-2-9(7-12)14(17)18/h1-7H,8H2,(H2,17,18). The summed E-state index contributed by atoms with van der Waals surface area (Å²) in [5.41, 5.74) is 6.05. The van der Waals surface area contributed by atoms with Crippen LogP contribution >= 0.6 is 11.6 Å². The van der Waals surface area contributed by atoms with Crippen molar-refractivity contribution < 1.29 is 13.9 Å².